The molecular weight excluding hydrogens is 324 g/mol. The van der Waals surface area contributed by atoms with Crippen LogP contribution in [0.3, 0.4) is 0 Å². The molecule has 1 amide bonds. The predicted molar refractivity (Wildman–Crippen MR) is 97.1 cm³/mol. The maximum Gasteiger partial charge on any atom is 0.255 e. The Labute approximate surface area is 142 Å². The molecule has 6 heteroatoms. The fourth-order valence-corrected chi connectivity index (χ4v) is 2.91. The van der Waals surface area contributed by atoms with Crippen LogP contribution in [0.4, 0.5) is 5.69 Å². The topological polar surface area (TPSA) is 75.3 Å². The summed E-state index contributed by atoms with van der Waals surface area (Å²) in [5.41, 5.74) is 1.32. The van der Waals surface area contributed by atoms with E-state index < -0.39 is 10.0 Å². The van der Waals surface area contributed by atoms with Crippen LogP contribution in [0.2, 0.25) is 0 Å². The van der Waals surface area contributed by atoms with E-state index in [0.29, 0.717) is 12.1 Å². The molecule has 0 aliphatic carbocycles. The lowest BCUT2D eigenvalue weighted by atomic mass is 10.1. The molecule has 0 bridgehead atoms. The Morgan fingerprint density at radius 3 is 2.42 bits per heavy atom. The van der Waals surface area contributed by atoms with Crippen molar-refractivity contribution in [1.29, 1.82) is 0 Å². The highest BCUT2D eigenvalue weighted by atomic mass is 32.2. The molecule has 2 aromatic carbocycles. The molecule has 24 heavy (non-hydrogen) atoms. The molecule has 0 saturated heterocycles. The number of anilines is 1. The van der Waals surface area contributed by atoms with Crippen molar-refractivity contribution in [1.82, 2.24) is 5.32 Å². The lowest BCUT2D eigenvalue weighted by Crippen LogP contribution is -2.25. The summed E-state index contributed by atoms with van der Waals surface area (Å²) in [7, 11) is -3.72. The molecule has 0 atom stereocenters. The SMILES string of the molecule is CCCNC(=O)c1ccccc1NS(=O)(=O)/C=C/c1ccccc1. The largest absolute Gasteiger partial charge is 0.352 e. The van der Waals surface area contributed by atoms with Crippen LogP contribution in [0.1, 0.15) is 29.3 Å². The van der Waals surface area contributed by atoms with Crippen LogP contribution in [0.5, 0.6) is 0 Å². The van der Waals surface area contributed by atoms with Gasteiger partial charge in [-0.05, 0) is 30.2 Å². The minimum absolute atomic E-state index is 0.254. The van der Waals surface area contributed by atoms with Crippen molar-refractivity contribution in [3.8, 4) is 0 Å². The van der Waals surface area contributed by atoms with Gasteiger partial charge >= 0.3 is 0 Å². The van der Waals surface area contributed by atoms with Crippen molar-refractivity contribution in [2.75, 3.05) is 11.3 Å². The average Bonchev–Trinajstić information content (AvgIpc) is 2.59. The first-order valence-corrected chi connectivity index (χ1v) is 9.19. The Morgan fingerprint density at radius 1 is 1.04 bits per heavy atom. The second-order valence-corrected chi connectivity index (χ2v) is 6.73. The van der Waals surface area contributed by atoms with Gasteiger partial charge in [-0.2, -0.15) is 0 Å². The number of amides is 1. The summed E-state index contributed by atoms with van der Waals surface area (Å²) < 4.78 is 26.9. The van der Waals surface area contributed by atoms with E-state index in [4.69, 9.17) is 0 Å². The van der Waals surface area contributed by atoms with Crippen molar-refractivity contribution in [3.63, 3.8) is 0 Å². The smallest absolute Gasteiger partial charge is 0.255 e. The van der Waals surface area contributed by atoms with Crippen LogP contribution in [-0.4, -0.2) is 20.9 Å². The number of hydrogen-bond donors (Lipinski definition) is 2. The highest BCUT2D eigenvalue weighted by Crippen LogP contribution is 2.17. The molecule has 0 spiro atoms. The molecule has 0 saturated carbocycles. The fraction of sp³-hybridized carbons (Fsp3) is 0.167. The second-order valence-electron chi connectivity index (χ2n) is 5.16. The van der Waals surface area contributed by atoms with E-state index >= 15 is 0 Å². The van der Waals surface area contributed by atoms with Crippen LogP contribution in [-0.2, 0) is 10.0 Å². The molecule has 126 valence electrons. The van der Waals surface area contributed by atoms with E-state index in [1.165, 1.54) is 6.08 Å². The van der Waals surface area contributed by atoms with Gasteiger partial charge in [0, 0.05) is 6.54 Å². The standard InChI is InChI=1S/C18H20N2O3S/c1-2-13-19-18(21)16-10-6-7-11-17(16)20-24(22,23)14-12-15-8-4-3-5-9-15/h3-12,14,20H,2,13H2,1H3,(H,19,21)/b14-12+. The maximum atomic E-state index is 12.2. The Kier molecular flexibility index (Phi) is 6.14. The molecule has 0 unspecified atom stereocenters. The number of benzene rings is 2. The van der Waals surface area contributed by atoms with Crippen LogP contribution >= 0.6 is 0 Å². The van der Waals surface area contributed by atoms with E-state index in [0.717, 1.165) is 17.4 Å². The third kappa shape index (κ3) is 5.24. The molecule has 2 N–H and O–H groups in total. The molecule has 0 fully saturated rings. The number of sulfonamides is 1. The summed E-state index contributed by atoms with van der Waals surface area (Å²) in [6.07, 6.45) is 2.31. The van der Waals surface area contributed by atoms with Crippen LogP contribution in [0.15, 0.2) is 60.0 Å². The van der Waals surface area contributed by atoms with Crippen molar-refractivity contribution >= 4 is 27.7 Å². The third-order valence-corrected chi connectivity index (χ3v) is 4.20. The predicted octanol–water partition coefficient (Wildman–Crippen LogP) is 3.24. The minimum Gasteiger partial charge on any atom is -0.352 e. The number of hydrogen-bond acceptors (Lipinski definition) is 3. The summed E-state index contributed by atoms with van der Waals surface area (Å²) in [6, 6.07) is 15.6. The minimum atomic E-state index is -3.72. The van der Waals surface area contributed by atoms with Crippen molar-refractivity contribution in [2.45, 2.75) is 13.3 Å². The van der Waals surface area contributed by atoms with Crippen LogP contribution in [0, 0.1) is 0 Å². The molecule has 2 rings (SSSR count). The first-order chi connectivity index (χ1) is 11.5. The first kappa shape index (κ1) is 17.7. The summed E-state index contributed by atoms with van der Waals surface area (Å²) in [5.74, 6) is -0.304. The van der Waals surface area contributed by atoms with Gasteiger partial charge in [-0.15, -0.1) is 0 Å². The summed E-state index contributed by atoms with van der Waals surface area (Å²) in [4.78, 5) is 12.1. The van der Waals surface area contributed by atoms with Crippen molar-refractivity contribution in [3.05, 3.63) is 71.1 Å². The quantitative estimate of drug-likeness (QED) is 0.810. The lowest BCUT2D eigenvalue weighted by Gasteiger charge is -2.10. The normalized spacial score (nSPS) is 11.4. The molecule has 5 nitrogen and oxygen atoms in total. The van der Waals surface area contributed by atoms with Gasteiger partial charge in [0.15, 0.2) is 0 Å². The molecule has 0 aliphatic heterocycles. The number of rotatable bonds is 7. The van der Waals surface area contributed by atoms with Crippen LogP contribution < -0.4 is 10.0 Å². The van der Waals surface area contributed by atoms with E-state index in [1.807, 2.05) is 25.1 Å². The highest BCUT2D eigenvalue weighted by molar-refractivity contribution is 7.95. The average molecular weight is 344 g/mol. The van der Waals surface area contributed by atoms with E-state index in [-0.39, 0.29) is 11.6 Å². The first-order valence-electron chi connectivity index (χ1n) is 7.65. The maximum absolute atomic E-state index is 12.2. The van der Waals surface area contributed by atoms with Gasteiger partial charge in [0.1, 0.15) is 0 Å². The van der Waals surface area contributed by atoms with Crippen LogP contribution in [0.25, 0.3) is 6.08 Å². The Balaban J connectivity index is 2.18. The monoisotopic (exact) mass is 344 g/mol. The van der Waals surface area contributed by atoms with Gasteiger partial charge in [-0.1, -0.05) is 49.4 Å². The van der Waals surface area contributed by atoms with Gasteiger partial charge in [0.2, 0.25) is 0 Å². The zero-order chi connectivity index (χ0) is 17.4. The molecule has 2 aromatic rings. The van der Waals surface area contributed by atoms with Gasteiger partial charge < -0.3 is 5.32 Å². The van der Waals surface area contributed by atoms with Gasteiger partial charge in [0.05, 0.1) is 16.7 Å². The van der Waals surface area contributed by atoms with Gasteiger partial charge in [0.25, 0.3) is 15.9 Å². The third-order valence-electron chi connectivity index (χ3n) is 3.20. The Morgan fingerprint density at radius 2 is 1.71 bits per heavy atom. The van der Waals surface area contributed by atoms with Gasteiger partial charge in [-0.25, -0.2) is 8.42 Å². The summed E-state index contributed by atoms with van der Waals surface area (Å²) in [5, 5.41) is 3.83. The second kappa shape index (κ2) is 8.31. The summed E-state index contributed by atoms with van der Waals surface area (Å²) >= 11 is 0. The Hall–Kier alpha value is -2.60. The van der Waals surface area contributed by atoms with Gasteiger partial charge in [-0.3, -0.25) is 9.52 Å². The number of carbonyl (C=O) groups is 1. The van der Waals surface area contributed by atoms with E-state index in [2.05, 4.69) is 10.0 Å². The highest BCUT2D eigenvalue weighted by Gasteiger charge is 2.14. The summed E-state index contributed by atoms with van der Waals surface area (Å²) in [6.45, 7) is 2.48. The van der Waals surface area contributed by atoms with E-state index in [9.17, 15) is 13.2 Å². The molecular formula is C18H20N2O3S. The molecule has 0 aliphatic rings. The van der Waals surface area contributed by atoms with Crippen molar-refractivity contribution < 1.29 is 13.2 Å². The zero-order valence-corrected chi connectivity index (χ0v) is 14.2. The molecule has 0 radical (unpaired) electrons. The number of nitrogens with one attached hydrogen (secondary N) is 2. The lowest BCUT2D eigenvalue weighted by molar-refractivity contribution is 0.0954. The fourth-order valence-electron chi connectivity index (χ4n) is 2.02. The number of carbonyl (C=O) groups excluding carboxylic acids is 1. The zero-order valence-electron chi connectivity index (χ0n) is 13.4. The number of para-hydroxylation sites is 1. The Bertz CT molecular complexity index is 815. The van der Waals surface area contributed by atoms with Crippen molar-refractivity contribution in [2.24, 2.45) is 0 Å². The molecule has 0 aromatic heterocycles. The molecule has 0 heterocycles. The van der Waals surface area contributed by atoms with E-state index in [1.54, 1.807) is 36.4 Å².